The molecule has 1 aromatic heterocycles. The number of alkyl halides is 4. The lowest BCUT2D eigenvalue weighted by Gasteiger charge is -2.19. The predicted octanol–water partition coefficient (Wildman–Crippen LogP) is 2.59. The Morgan fingerprint density at radius 2 is 1.96 bits per heavy atom. The van der Waals surface area contributed by atoms with Crippen LogP contribution < -0.4 is 11.1 Å². The summed E-state index contributed by atoms with van der Waals surface area (Å²) in [5, 5.41) is 12.0. The summed E-state index contributed by atoms with van der Waals surface area (Å²) < 4.78 is 53.0. The number of benzene rings is 1. The molecule has 0 spiro atoms. The van der Waals surface area contributed by atoms with Crippen LogP contribution >= 0.6 is 8.38 Å². The molecule has 0 amide bonds. The zero-order valence-electron chi connectivity index (χ0n) is 13.1. The van der Waals surface area contributed by atoms with Crippen LogP contribution in [0.4, 0.5) is 23.5 Å². The van der Waals surface area contributed by atoms with E-state index in [1.807, 2.05) is 0 Å². The zero-order chi connectivity index (χ0) is 19.5. The van der Waals surface area contributed by atoms with Crippen molar-refractivity contribution in [2.75, 3.05) is 11.9 Å². The number of anilines is 1. The zero-order valence-corrected chi connectivity index (χ0v) is 14.0. The lowest BCUT2D eigenvalue weighted by molar-refractivity contribution is -0.00172. The minimum atomic E-state index is -4.01. The minimum absolute atomic E-state index is 0.00655. The Labute approximate surface area is 146 Å². The Balaban J connectivity index is 2.29. The number of aromatic nitrogens is 2. The second-order valence-electron chi connectivity index (χ2n) is 5.38. The molecule has 5 N–H and O–H groups in total. The van der Waals surface area contributed by atoms with Gasteiger partial charge in [-0.2, -0.15) is 22.8 Å². The second-order valence-corrected chi connectivity index (χ2v) is 6.52. The lowest BCUT2D eigenvalue weighted by atomic mass is 10.1. The first-order valence-electron chi connectivity index (χ1n) is 7.22. The molecular formula is C14H14F4N5O2P. The lowest BCUT2D eigenvalue weighted by Crippen LogP contribution is -2.28. The number of nitriles is 1. The molecule has 2 aromatic rings. The molecule has 0 bridgehead atoms. The molecule has 1 heterocycles. The molecule has 26 heavy (non-hydrogen) atoms. The van der Waals surface area contributed by atoms with Gasteiger partial charge in [0, 0.05) is 24.5 Å². The third-order valence-electron chi connectivity index (χ3n) is 3.38. The van der Waals surface area contributed by atoms with Gasteiger partial charge in [0.2, 0.25) is 14.3 Å². The fourth-order valence-corrected chi connectivity index (χ4v) is 2.54. The number of hydrogen-bond acceptors (Lipinski definition) is 7. The van der Waals surface area contributed by atoms with Crippen LogP contribution in [0.15, 0.2) is 18.3 Å². The van der Waals surface area contributed by atoms with Crippen molar-refractivity contribution in [1.29, 1.82) is 5.26 Å². The number of nitrogens with zero attached hydrogens (tertiary/aromatic N) is 3. The molecular weight excluding hydrogens is 377 g/mol. The molecule has 0 radical (unpaired) electrons. The highest BCUT2D eigenvalue weighted by Crippen LogP contribution is 2.53. The van der Waals surface area contributed by atoms with Gasteiger partial charge in [-0.1, -0.05) is 0 Å². The molecule has 7 nitrogen and oxygen atoms in total. The van der Waals surface area contributed by atoms with Crippen LogP contribution in [0.2, 0.25) is 0 Å². The van der Waals surface area contributed by atoms with Crippen LogP contribution in [0.3, 0.4) is 0 Å². The normalized spacial score (nSPS) is 12.4. The molecule has 0 fully saturated rings. The van der Waals surface area contributed by atoms with E-state index in [0.717, 1.165) is 12.1 Å². The van der Waals surface area contributed by atoms with Gasteiger partial charge in [-0.25, -0.2) is 9.97 Å². The average Bonchev–Trinajstić information content (AvgIpc) is 2.56. The SMILES string of the molecule is N#Cc1cc2cnc(NCCCC(N)(F)F)nc2cc1C(F)(F)P(O)O. The number of nitrogens with two attached hydrogens (primary N) is 1. The number of rotatable bonds is 7. The van der Waals surface area contributed by atoms with E-state index >= 15 is 0 Å². The maximum absolute atomic E-state index is 14.0. The number of hydrogen-bond donors (Lipinski definition) is 4. The van der Waals surface area contributed by atoms with Crippen LogP contribution in [0, 0.1) is 11.3 Å². The van der Waals surface area contributed by atoms with Gasteiger partial charge in [0.1, 0.15) is 0 Å². The summed E-state index contributed by atoms with van der Waals surface area (Å²) in [5.74, 6) is 0.00655. The highest BCUT2D eigenvalue weighted by Gasteiger charge is 2.43. The van der Waals surface area contributed by atoms with Crippen molar-refractivity contribution in [2.45, 2.75) is 24.6 Å². The minimum Gasteiger partial charge on any atom is -0.354 e. The van der Waals surface area contributed by atoms with Crippen molar-refractivity contribution in [3.05, 3.63) is 29.5 Å². The largest absolute Gasteiger partial charge is 0.354 e. The standard InChI is InChI=1S/C14H14F4N5O2P/c15-13(16,20)2-1-3-21-12-22-7-9-4-8(6-19)10(5-11(9)23-12)14(17,18)26(24)25/h4-5,7,24-25H,1-3,20H2,(H,21,22,23). The van der Waals surface area contributed by atoms with Gasteiger partial charge < -0.3 is 15.1 Å². The van der Waals surface area contributed by atoms with Crippen molar-refractivity contribution in [2.24, 2.45) is 5.73 Å². The summed E-state index contributed by atoms with van der Waals surface area (Å²) in [4.78, 5) is 25.8. The Morgan fingerprint density at radius 3 is 2.54 bits per heavy atom. The molecule has 0 unspecified atom stereocenters. The van der Waals surface area contributed by atoms with Gasteiger partial charge in [-0.15, -0.1) is 0 Å². The van der Waals surface area contributed by atoms with E-state index in [0.29, 0.717) is 0 Å². The highest BCUT2D eigenvalue weighted by molar-refractivity contribution is 7.46. The van der Waals surface area contributed by atoms with Crippen LogP contribution in [-0.2, 0) is 5.66 Å². The first kappa shape index (κ1) is 20.2. The Morgan fingerprint density at radius 1 is 1.27 bits per heavy atom. The van der Waals surface area contributed by atoms with Crippen molar-refractivity contribution in [1.82, 2.24) is 9.97 Å². The van der Waals surface area contributed by atoms with E-state index < -0.39 is 37.6 Å². The van der Waals surface area contributed by atoms with E-state index in [2.05, 4.69) is 21.0 Å². The summed E-state index contributed by atoms with van der Waals surface area (Å²) in [6.07, 6.45) is 0.749. The Hall–Kier alpha value is -2.12. The molecule has 140 valence electrons. The van der Waals surface area contributed by atoms with Crippen LogP contribution in [-0.4, -0.2) is 32.3 Å². The number of nitrogens with one attached hydrogen (secondary N) is 1. The molecule has 0 aliphatic heterocycles. The third kappa shape index (κ3) is 4.74. The summed E-state index contributed by atoms with van der Waals surface area (Å²) in [6.45, 7) is 0.0795. The summed E-state index contributed by atoms with van der Waals surface area (Å²) in [5.41, 5.74) is -0.722. The van der Waals surface area contributed by atoms with Gasteiger partial charge >= 0.3 is 5.66 Å². The van der Waals surface area contributed by atoms with Gasteiger partial charge in [0.05, 0.1) is 22.7 Å². The monoisotopic (exact) mass is 391 g/mol. The maximum Gasteiger partial charge on any atom is 0.340 e. The maximum atomic E-state index is 14.0. The van der Waals surface area contributed by atoms with Gasteiger partial charge in [-0.05, 0) is 18.6 Å². The number of fused-ring (bicyclic) bond motifs is 1. The van der Waals surface area contributed by atoms with Crippen molar-refractivity contribution >= 4 is 25.2 Å². The molecule has 0 aliphatic rings. The Bertz CT molecular complexity index is 838. The van der Waals surface area contributed by atoms with E-state index in [4.69, 9.17) is 15.0 Å². The van der Waals surface area contributed by atoms with Gasteiger partial charge in [0.15, 0.2) is 0 Å². The summed E-state index contributed by atoms with van der Waals surface area (Å²) in [6, 6.07) is 0.268. The van der Waals surface area contributed by atoms with E-state index in [9.17, 15) is 17.6 Å². The van der Waals surface area contributed by atoms with E-state index in [1.54, 1.807) is 6.07 Å². The first-order chi connectivity index (χ1) is 12.0. The van der Waals surface area contributed by atoms with Crippen LogP contribution in [0.5, 0.6) is 0 Å². The van der Waals surface area contributed by atoms with E-state index in [-0.39, 0.29) is 29.8 Å². The second kappa shape index (κ2) is 7.63. The predicted molar refractivity (Wildman–Crippen MR) is 86.4 cm³/mol. The molecule has 0 saturated heterocycles. The van der Waals surface area contributed by atoms with Gasteiger partial charge in [-0.3, -0.25) is 5.73 Å². The first-order valence-corrected chi connectivity index (χ1v) is 8.47. The molecule has 2 rings (SSSR count). The third-order valence-corrected chi connectivity index (χ3v) is 4.13. The summed E-state index contributed by atoms with van der Waals surface area (Å²) in [7, 11) is -3.65. The van der Waals surface area contributed by atoms with Crippen LogP contribution in [0.1, 0.15) is 24.0 Å². The van der Waals surface area contributed by atoms with Crippen molar-refractivity contribution in [3.63, 3.8) is 0 Å². The average molecular weight is 391 g/mol. The Kier molecular flexibility index (Phi) is 5.93. The summed E-state index contributed by atoms with van der Waals surface area (Å²) >= 11 is 0. The van der Waals surface area contributed by atoms with E-state index in [1.165, 1.54) is 6.20 Å². The number of halogens is 4. The fraction of sp³-hybridized carbons (Fsp3) is 0.357. The molecule has 0 aliphatic carbocycles. The topological polar surface area (TPSA) is 128 Å². The molecule has 1 aromatic carbocycles. The molecule has 0 saturated carbocycles. The van der Waals surface area contributed by atoms with Crippen molar-refractivity contribution < 1.29 is 27.3 Å². The van der Waals surface area contributed by atoms with Crippen molar-refractivity contribution in [3.8, 4) is 6.07 Å². The highest BCUT2D eigenvalue weighted by atomic mass is 31.2. The molecule has 0 atom stereocenters. The fourth-order valence-electron chi connectivity index (χ4n) is 2.14. The quantitative estimate of drug-likeness (QED) is 0.247. The van der Waals surface area contributed by atoms with Gasteiger partial charge in [0.25, 0.3) is 6.05 Å². The van der Waals surface area contributed by atoms with Crippen LogP contribution in [0.25, 0.3) is 10.9 Å². The molecule has 12 heteroatoms. The smallest absolute Gasteiger partial charge is 0.340 e.